The molecule has 29 heavy (non-hydrogen) atoms. The number of aryl methyl sites for hydroxylation is 1. The van der Waals surface area contributed by atoms with Crippen LogP contribution < -0.4 is 5.32 Å². The molecular weight excluding hydrogens is 374 g/mol. The van der Waals surface area contributed by atoms with E-state index >= 15 is 0 Å². The van der Waals surface area contributed by atoms with Crippen LogP contribution in [0.3, 0.4) is 0 Å². The molecular formula is C21H19N3O5. The lowest BCUT2D eigenvalue weighted by Crippen LogP contribution is -2.21. The van der Waals surface area contributed by atoms with Gasteiger partial charge in [-0.2, -0.15) is 0 Å². The van der Waals surface area contributed by atoms with E-state index in [4.69, 9.17) is 4.74 Å². The van der Waals surface area contributed by atoms with Crippen LogP contribution in [0.15, 0.2) is 60.9 Å². The van der Waals surface area contributed by atoms with Gasteiger partial charge in [-0.05, 0) is 49.7 Å². The van der Waals surface area contributed by atoms with Crippen molar-refractivity contribution in [3.8, 4) is 5.69 Å². The summed E-state index contributed by atoms with van der Waals surface area (Å²) in [6.07, 6.45) is 3.73. The Morgan fingerprint density at radius 1 is 1.10 bits per heavy atom. The number of anilines is 1. The van der Waals surface area contributed by atoms with Crippen molar-refractivity contribution in [3.63, 3.8) is 0 Å². The maximum absolute atomic E-state index is 12.3. The molecule has 0 atom stereocenters. The number of esters is 1. The Balaban J connectivity index is 1.66. The number of nitro benzene ring substituents is 1. The largest absolute Gasteiger partial charge is 0.452 e. The maximum Gasteiger partial charge on any atom is 0.338 e. The number of amides is 1. The van der Waals surface area contributed by atoms with E-state index in [2.05, 4.69) is 5.32 Å². The SMILES string of the molecule is Cc1ccc(C(=O)OCC(=O)Nc2cccc([N+](=O)[O-])c2C)cc1-n1cccc1. The van der Waals surface area contributed by atoms with E-state index in [1.807, 2.05) is 36.0 Å². The molecule has 1 aromatic heterocycles. The Bertz CT molecular complexity index is 1070. The van der Waals surface area contributed by atoms with Gasteiger partial charge in [0.05, 0.1) is 21.7 Å². The summed E-state index contributed by atoms with van der Waals surface area (Å²) >= 11 is 0. The van der Waals surface area contributed by atoms with Crippen molar-refractivity contribution < 1.29 is 19.2 Å². The van der Waals surface area contributed by atoms with Gasteiger partial charge < -0.3 is 14.6 Å². The first kappa shape index (κ1) is 19.8. The van der Waals surface area contributed by atoms with Crippen LogP contribution in [0.4, 0.5) is 11.4 Å². The third-order valence-corrected chi connectivity index (χ3v) is 4.44. The smallest absolute Gasteiger partial charge is 0.338 e. The molecule has 0 bridgehead atoms. The van der Waals surface area contributed by atoms with Crippen molar-refractivity contribution in [3.05, 3.63) is 87.7 Å². The Morgan fingerprint density at radius 3 is 2.52 bits per heavy atom. The van der Waals surface area contributed by atoms with Crippen LogP contribution in [0.1, 0.15) is 21.5 Å². The summed E-state index contributed by atoms with van der Waals surface area (Å²) in [5.74, 6) is -1.22. The molecule has 1 amide bonds. The van der Waals surface area contributed by atoms with Gasteiger partial charge >= 0.3 is 5.97 Å². The van der Waals surface area contributed by atoms with Crippen molar-refractivity contribution in [2.75, 3.05) is 11.9 Å². The van der Waals surface area contributed by atoms with Crippen LogP contribution in [0.2, 0.25) is 0 Å². The van der Waals surface area contributed by atoms with E-state index in [-0.39, 0.29) is 5.69 Å². The lowest BCUT2D eigenvalue weighted by atomic mass is 10.1. The van der Waals surface area contributed by atoms with Crippen LogP contribution in [0, 0.1) is 24.0 Å². The topological polar surface area (TPSA) is 103 Å². The van der Waals surface area contributed by atoms with Crippen LogP contribution in [-0.2, 0) is 9.53 Å². The minimum atomic E-state index is -0.635. The molecule has 0 saturated carbocycles. The maximum atomic E-state index is 12.3. The number of nitrogens with one attached hydrogen (secondary N) is 1. The normalized spacial score (nSPS) is 10.4. The second-order valence-electron chi connectivity index (χ2n) is 6.42. The van der Waals surface area contributed by atoms with Gasteiger partial charge in [-0.3, -0.25) is 14.9 Å². The first-order valence-electron chi connectivity index (χ1n) is 8.82. The molecule has 0 saturated heterocycles. The van der Waals surface area contributed by atoms with Crippen LogP contribution in [0.25, 0.3) is 5.69 Å². The van der Waals surface area contributed by atoms with Gasteiger partial charge in [0.1, 0.15) is 0 Å². The van der Waals surface area contributed by atoms with E-state index in [0.717, 1.165) is 11.3 Å². The fourth-order valence-corrected chi connectivity index (χ4v) is 2.87. The van der Waals surface area contributed by atoms with Gasteiger partial charge in [0, 0.05) is 24.1 Å². The molecule has 0 aliphatic rings. The summed E-state index contributed by atoms with van der Waals surface area (Å²) in [7, 11) is 0. The summed E-state index contributed by atoms with van der Waals surface area (Å²) in [5.41, 5.74) is 2.66. The zero-order valence-corrected chi connectivity index (χ0v) is 15.9. The standard InChI is InChI=1S/C21H19N3O5/c1-14-8-9-16(12-19(14)23-10-3-4-11-23)21(26)29-13-20(25)22-17-6-5-7-18(15(17)2)24(27)28/h3-12H,13H2,1-2H3,(H,22,25). The number of rotatable bonds is 6. The third-order valence-electron chi connectivity index (χ3n) is 4.44. The lowest BCUT2D eigenvalue weighted by Gasteiger charge is -2.11. The molecule has 1 heterocycles. The quantitative estimate of drug-likeness (QED) is 0.390. The van der Waals surface area contributed by atoms with Crippen molar-refractivity contribution in [2.24, 2.45) is 0 Å². The molecule has 0 aliphatic heterocycles. The molecule has 148 valence electrons. The van der Waals surface area contributed by atoms with Crippen molar-refractivity contribution in [1.29, 1.82) is 0 Å². The molecule has 3 rings (SSSR count). The zero-order valence-electron chi connectivity index (χ0n) is 15.9. The molecule has 8 nitrogen and oxygen atoms in total. The van der Waals surface area contributed by atoms with Crippen molar-refractivity contribution in [1.82, 2.24) is 4.57 Å². The summed E-state index contributed by atoms with van der Waals surface area (Å²) < 4.78 is 6.98. The van der Waals surface area contributed by atoms with Gasteiger partial charge in [-0.25, -0.2) is 4.79 Å². The number of carbonyl (C=O) groups excluding carboxylic acids is 2. The van der Waals surface area contributed by atoms with Crippen molar-refractivity contribution >= 4 is 23.3 Å². The average molecular weight is 393 g/mol. The van der Waals surface area contributed by atoms with Gasteiger partial charge in [0.2, 0.25) is 0 Å². The highest BCUT2D eigenvalue weighted by Gasteiger charge is 2.16. The Kier molecular flexibility index (Phi) is 5.73. The fraction of sp³-hybridized carbons (Fsp3) is 0.143. The second-order valence-corrected chi connectivity index (χ2v) is 6.42. The third kappa shape index (κ3) is 4.49. The van der Waals surface area contributed by atoms with Gasteiger partial charge in [0.25, 0.3) is 11.6 Å². The Morgan fingerprint density at radius 2 is 1.83 bits per heavy atom. The number of carbonyl (C=O) groups is 2. The molecule has 0 spiro atoms. The van der Waals surface area contributed by atoms with E-state index in [0.29, 0.717) is 16.8 Å². The highest BCUT2D eigenvalue weighted by atomic mass is 16.6. The number of hydrogen-bond acceptors (Lipinski definition) is 5. The van der Waals surface area contributed by atoms with E-state index < -0.39 is 23.4 Å². The molecule has 0 radical (unpaired) electrons. The minimum Gasteiger partial charge on any atom is -0.452 e. The predicted molar refractivity (Wildman–Crippen MR) is 107 cm³/mol. The highest BCUT2D eigenvalue weighted by Crippen LogP contribution is 2.25. The van der Waals surface area contributed by atoms with Gasteiger partial charge in [0.15, 0.2) is 6.61 Å². The molecule has 0 fully saturated rings. The molecule has 3 aromatic rings. The fourth-order valence-electron chi connectivity index (χ4n) is 2.87. The summed E-state index contributed by atoms with van der Waals surface area (Å²) in [5, 5.41) is 13.5. The second kappa shape index (κ2) is 8.39. The van der Waals surface area contributed by atoms with Gasteiger partial charge in [-0.1, -0.05) is 12.1 Å². The summed E-state index contributed by atoms with van der Waals surface area (Å²) in [4.78, 5) is 34.9. The Labute approximate surface area is 166 Å². The molecule has 2 aromatic carbocycles. The summed E-state index contributed by atoms with van der Waals surface area (Å²) in [6.45, 7) is 2.96. The Hall–Kier alpha value is -3.94. The van der Waals surface area contributed by atoms with Gasteiger partial charge in [-0.15, -0.1) is 0 Å². The van der Waals surface area contributed by atoms with Crippen LogP contribution >= 0.6 is 0 Å². The zero-order chi connectivity index (χ0) is 21.0. The molecule has 0 unspecified atom stereocenters. The number of hydrogen-bond donors (Lipinski definition) is 1. The first-order valence-corrected chi connectivity index (χ1v) is 8.82. The lowest BCUT2D eigenvalue weighted by molar-refractivity contribution is -0.385. The molecule has 1 N–H and O–H groups in total. The van der Waals surface area contributed by atoms with Crippen LogP contribution in [0.5, 0.6) is 0 Å². The molecule has 0 aliphatic carbocycles. The predicted octanol–water partition coefficient (Wildman–Crippen LogP) is 3.80. The van der Waals surface area contributed by atoms with E-state index in [1.165, 1.54) is 19.1 Å². The van der Waals surface area contributed by atoms with E-state index in [1.54, 1.807) is 24.3 Å². The monoisotopic (exact) mass is 393 g/mol. The van der Waals surface area contributed by atoms with Crippen LogP contribution in [-0.4, -0.2) is 28.0 Å². The average Bonchev–Trinajstić information content (AvgIpc) is 3.22. The number of nitro groups is 1. The number of nitrogens with zero attached hydrogens (tertiary/aromatic N) is 2. The highest BCUT2D eigenvalue weighted by molar-refractivity contribution is 5.96. The summed E-state index contributed by atoms with van der Waals surface area (Å²) in [6, 6.07) is 13.3. The number of ether oxygens (including phenoxy) is 1. The number of aromatic nitrogens is 1. The first-order chi connectivity index (χ1) is 13.9. The minimum absolute atomic E-state index is 0.100. The van der Waals surface area contributed by atoms with Crippen molar-refractivity contribution in [2.45, 2.75) is 13.8 Å². The van der Waals surface area contributed by atoms with E-state index in [9.17, 15) is 19.7 Å². The molecule has 8 heteroatoms. The number of benzene rings is 2.